The number of nitrogens with one attached hydrogen (secondary N) is 1. The van der Waals surface area contributed by atoms with Crippen LogP contribution in [-0.2, 0) is 6.42 Å². The standard InChI is InChI=1S/C9H10ClNO/c10-7-3-4-8-6(9(7)12)2-1-5-11-8/h3-4,11-12H,1-2,5H2. The summed E-state index contributed by atoms with van der Waals surface area (Å²) in [7, 11) is 0. The van der Waals surface area contributed by atoms with E-state index in [0.717, 1.165) is 30.6 Å². The van der Waals surface area contributed by atoms with Crippen molar-refractivity contribution in [3.8, 4) is 5.75 Å². The molecule has 0 aromatic heterocycles. The van der Waals surface area contributed by atoms with Crippen molar-refractivity contribution in [3.05, 3.63) is 22.7 Å². The molecule has 0 saturated heterocycles. The van der Waals surface area contributed by atoms with Gasteiger partial charge in [-0.2, -0.15) is 0 Å². The van der Waals surface area contributed by atoms with E-state index >= 15 is 0 Å². The quantitative estimate of drug-likeness (QED) is 0.648. The Bertz CT molecular complexity index is 312. The van der Waals surface area contributed by atoms with E-state index in [-0.39, 0.29) is 5.75 Å². The smallest absolute Gasteiger partial charge is 0.139 e. The lowest BCUT2D eigenvalue weighted by atomic mass is 10.0. The molecule has 0 spiro atoms. The molecule has 1 aromatic carbocycles. The van der Waals surface area contributed by atoms with Crippen molar-refractivity contribution in [1.82, 2.24) is 0 Å². The van der Waals surface area contributed by atoms with Crippen molar-refractivity contribution in [2.24, 2.45) is 0 Å². The van der Waals surface area contributed by atoms with Crippen LogP contribution in [0.5, 0.6) is 5.75 Å². The van der Waals surface area contributed by atoms with Crippen LogP contribution in [0.25, 0.3) is 0 Å². The topological polar surface area (TPSA) is 32.3 Å². The highest BCUT2D eigenvalue weighted by molar-refractivity contribution is 6.32. The summed E-state index contributed by atoms with van der Waals surface area (Å²) in [4.78, 5) is 0. The molecule has 3 heteroatoms. The van der Waals surface area contributed by atoms with Crippen LogP contribution in [0.3, 0.4) is 0 Å². The first-order valence-electron chi connectivity index (χ1n) is 4.03. The number of benzene rings is 1. The lowest BCUT2D eigenvalue weighted by Crippen LogP contribution is -2.11. The van der Waals surface area contributed by atoms with E-state index in [1.807, 2.05) is 6.07 Å². The normalized spacial score (nSPS) is 15.1. The van der Waals surface area contributed by atoms with Crippen LogP contribution in [0, 0.1) is 0 Å². The Kier molecular flexibility index (Phi) is 1.85. The number of rotatable bonds is 0. The maximum atomic E-state index is 9.57. The molecule has 2 nitrogen and oxygen atoms in total. The zero-order valence-electron chi connectivity index (χ0n) is 6.60. The van der Waals surface area contributed by atoms with Gasteiger partial charge < -0.3 is 10.4 Å². The van der Waals surface area contributed by atoms with Gasteiger partial charge in [0, 0.05) is 17.8 Å². The number of phenols is 1. The molecule has 1 aliphatic rings. The van der Waals surface area contributed by atoms with Crippen molar-refractivity contribution in [2.45, 2.75) is 12.8 Å². The van der Waals surface area contributed by atoms with Gasteiger partial charge in [0.05, 0.1) is 5.02 Å². The second-order valence-corrected chi connectivity index (χ2v) is 3.36. The fourth-order valence-corrected chi connectivity index (χ4v) is 1.69. The number of fused-ring (bicyclic) bond motifs is 1. The highest BCUT2D eigenvalue weighted by Crippen LogP contribution is 2.35. The Morgan fingerprint density at radius 3 is 3.08 bits per heavy atom. The second-order valence-electron chi connectivity index (χ2n) is 2.95. The van der Waals surface area contributed by atoms with Crippen LogP contribution in [0.1, 0.15) is 12.0 Å². The molecule has 0 amide bonds. The molecule has 0 aliphatic carbocycles. The summed E-state index contributed by atoms with van der Waals surface area (Å²) in [5.74, 6) is 0.237. The minimum Gasteiger partial charge on any atom is -0.506 e. The SMILES string of the molecule is Oc1c(Cl)ccc2c1CCCN2. The third-order valence-corrected chi connectivity index (χ3v) is 2.46. The molecule has 0 unspecified atom stereocenters. The van der Waals surface area contributed by atoms with Crippen LogP contribution in [0.2, 0.25) is 5.02 Å². The Morgan fingerprint density at radius 1 is 1.42 bits per heavy atom. The van der Waals surface area contributed by atoms with E-state index < -0.39 is 0 Å². The van der Waals surface area contributed by atoms with E-state index in [9.17, 15) is 5.11 Å². The first-order valence-corrected chi connectivity index (χ1v) is 4.41. The van der Waals surface area contributed by atoms with E-state index in [2.05, 4.69) is 5.32 Å². The van der Waals surface area contributed by atoms with Crippen LogP contribution in [-0.4, -0.2) is 11.7 Å². The molecule has 1 aliphatic heterocycles. The molecule has 2 N–H and O–H groups in total. The van der Waals surface area contributed by atoms with Crippen LogP contribution < -0.4 is 5.32 Å². The number of halogens is 1. The van der Waals surface area contributed by atoms with E-state index in [1.54, 1.807) is 6.07 Å². The lowest BCUT2D eigenvalue weighted by Gasteiger charge is -2.19. The van der Waals surface area contributed by atoms with Crippen molar-refractivity contribution in [1.29, 1.82) is 0 Å². The molecular formula is C9H10ClNO. The minimum atomic E-state index is 0.237. The number of hydrogen-bond donors (Lipinski definition) is 2. The van der Waals surface area contributed by atoms with Gasteiger partial charge in [0.25, 0.3) is 0 Å². The van der Waals surface area contributed by atoms with Gasteiger partial charge in [0.2, 0.25) is 0 Å². The van der Waals surface area contributed by atoms with Crippen molar-refractivity contribution < 1.29 is 5.11 Å². The van der Waals surface area contributed by atoms with Gasteiger partial charge in [0.15, 0.2) is 0 Å². The highest BCUT2D eigenvalue weighted by Gasteiger charge is 2.14. The fourth-order valence-electron chi connectivity index (χ4n) is 1.51. The zero-order chi connectivity index (χ0) is 8.55. The molecular weight excluding hydrogens is 174 g/mol. The molecule has 2 rings (SSSR count). The first-order chi connectivity index (χ1) is 5.79. The van der Waals surface area contributed by atoms with Crippen LogP contribution in [0.15, 0.2) is 12.1 Å². The number of anilines is 1. The Labute approximate surface area is 76.2 Å². The monoisotopic (exact) mass is 183 g/mol. The third kappa shape index (κ3) is 1.12. The average molecular weight is 184 g/mol. The Hall–Kier alpha value is -0.890. The number of phenolic OH excluding ortho intramolecular Hbond substituents is 1. The van der Waals surface area contributed by atoms with Crippen molar-refractivity contribution >= 4 is 17.3 Å². The summed E-state index contributed by atoms with van der Waals surface area (Å²) in [6, 6.07) is 3.63. The molecule has 1 aromatic rings. The second kappa shape index (κ2) is 2.87. The van der Waals surface area contributed by atoms with Gasteiger partial charge in [-0.05, 0) is 25.0 Å². The number of aromatic hydroxyl groups is 1. The molecule has 0 bridgehead atoms. The summed E-state index contributed by atoms with van der Waals surface area (Å²) in [6.07, 6.45) is 1.97. The van der Waals surface area contributed by atoms with Crippen LogP contribution in [0.4, 0.5) is 5.69 Å². The lowest BCUT2D eigenvalue weighted by molar-refractivity contribution is 0.467. The van der Waals surface area contributed by atoms with Crippen molar-refractivity contribution in [3.63, 3.8) is 0 Å². The van der Waals surface area contributed by atoms with Gasteiger partial charge in [-0.25, -0.2) is 0 Å². The first kappa shape index (κ1) is 7.74. The Balaban J connectivity index is 2.54. The average Bonchev–Trinajstić information content (AvgIpc) is 2.12. The molecule has 0 atom stereocenters. The number of hydrogen-bond acceptors (Lipinski definition) is 2. The van der Waals surface area contributed by atoms with Gasteiger partial charge in [0.1, 0.15) is 5.75 Å². The van der Waals surface area contributed by atoms with Crippen molar-refractivity contribution in [2.75, 3.05) is 11.9 Å². The van der Waals surface area contributed by atoms with Crippen LogP contribution >= 0.6 is 11.6 Å². The van der Waals surface area contributed by atoms with Gasteiger partial charge in [-0.1, -0.05) is 11.6 Å². The predicted molar refractivity (Wildman–Crippen MR) is 49.9 cm³/mol. The molecule has 0 fully saturated rings. The molecule has 0 radical (unpaired) electrons. The fraction of sp³-hybridized carbons (Fsp3) is 0.333. The summed E-state index contributed by atoms with van der Waals surface area (Å²) in [5, 5.41) is 13.2. The third-order valence-electron chi connectivity index (χ3n) is 2.15. The summed E-state index contributed by atoms with van der Waals surface area (Å²) < 4.78 is 0. The largest absolute Gasteiger partial charge is 0.506 e. The zero-order valence-corrected chi connectivity index (χ0v) is 7.36. The summed E-state index contributed by atoms with van der Waals surface area (Å²) in [6.45, 7) is 0.980. The maximum absolute atomic E-state index is 9.57. The summed E-state index contributed by atoms with van der Waals surface area (Å²) >= 11 is 5.77. The molecule has 12 heavy (non-hydrogen) atoms. The van der Waals surface area contributed by atoms with Gasteiger partial charge in [-0.3, -0.25) is 0 Å². The predicted octanol–water partition coefficient (Wildman–Crippen LogP) is 2.40. The van der Waals surface area contributed by atoms with Gasteiger partial charge >= 0.3 is 0 Å². The molecule has 64 valence electrons. The van der Waals surface area contributed by atoms with E-state index in [1.165, 1.54) is 0 Å². The highest BCUT2D eigenvalue weighted by atomic mass is 35.5. The maximum Gasteiger partial charge on any atom is 0.139 e. The molecule has 0 saturated carbocycles. The minimum absolute atomic E-state index is 0.237. The van der Waals surface area contributed by atoms with Gasteiger partial charge in [-0.15, -0.1) is 0 Å². The summed E-state index contributed by atoms with van der Waals surface area (Å²) in [5.41, 5.74) is 1.97. The molecule has 1 heterocycles. The van der Waals surface area contributed by atoms with E-state index in [4.69, 9.17) is 11.6 Å². The Morgan fingerprint density at radius 2 is 2.25 bits per heavy atom. The van der Waals surface area contributed by atoms with E-state index in [0.29, 0.717) is 5.02 Å².